The van der Waals surface area contributed by atoms with E-state index in [9.17, 15) is 4.79 Å². The molecule has 0 saturated heterocycles. The molecule has 98 valence electrons. The van der Waals surface area contributed by atoms with Crippen LogP contribution in [0, 0.1) is 0 Å². The normalized spacial score (nSPS) is 10.2. The van der Waals surface area contributed by atoms with Crippen LogP contribution in [0.4, 0.5) is 5.69 Å². The highest BCUT2D eigenvalue weighted by atomic mass is 35.5. The third kappa shape index (κ3) is 3.17. The maximum atomic E-state index is 11.1. The van der Waals surface area contributed by atoms with Crippen LogP contribution < -0.4 is 10.5 Å². The van der Waals surface area contributed by atoms with Crippen molar-refractivity contribution < 1.29 is 14.6 Å². The Kier molecular flexibility index (Phi) is 3.92. The summed E-state index contributed by atoms with van der Waals surface area (Å²) < 4.78 is 5.50. The molecule has 0 radical (unpaired) electrons. The molecule has 0 spiro atoms. The highest BCUT2D eigenvalue weighted by Crippen LogP contribution is 2.24. The zero-order chi connectivity index (χ0) is 13.8. The number of ether oxygens (including phenoxy) is 1. The molecule has 0 saturated carbocycles. The molecule has 3 N–H and O–H groups in total. The molecule has 2 aromatic carbocycles. The topological polar surface area (TPSA) is 72.6 Å². The van der Waals surface area contributed by atoms with Crippen molar-refractivity contribution >= 4 is 23.3 Å². The summed E-state index contributed by atoms with van der Waals surface area (Å²) >= 11 is 6.00. The molecule has 0 unspecified atom stereocenters. The number of carboxylic acids is 1. The third-order valence-corrected chi connectivity index (χ3v) is 2.95. The SMILES string of the molecule is Nc1ccc(C(=O)O)c(OCc2ccccc2Cl)c1. The molecule has 0 aliphatic rings. The van der Waals surface area contributed by atoms with Crippen molar-refractivity contribution in [2.45, 2.75) is 6.61 Å². The van der Waals surface area contributed by atoms with E-state index >= 15 is 0 Å². The second kappa shape index (κ2) is 5.63. The van der Waals surface area contributed by atoms with E-state index in [-0.39, 0.29) is 17.9 Å². The largest absolute Gasteiger partial charge is 0.488 e. The first-order valence-corrected chi connectivity index (χ1v) is 5.95. The number of nitrogens with two attached hydrogens (primary N) is 1. The molecule has 0 aliphatic carbocycles. The maximum absolute atomic E-state index is 11.1. The molecule has 4 nitrogen and oxygen atoms in total. The maximum Gasteiger partial charge on any atom is 0.339 e. The minimum atomic E-state index is -1.06. The lowest BCUT2D eigenvalue weighted by atomic mass is 10.2. The van der Waals surface area contributed by atoms with Crippen molar-refractivity contribution in [3.63, 3.8) is 0 Å². The van der Waals surface area contributed by atoms with Gasteiger partial charge in [-0.05, 0) is 18.2 Å². The first-order chi connectivity index (χ1) is 9.08. The zero-order valence-corrected chi connectivity index (χ0v) is 10.7. The van der Waals surface area contributed by atoms with Gasteiger partial charge in [0, 0.05) is 22.3 Å². The van der Waals surface area contributed by atoms with E-state index in [2.05, 4.69) is 0 Å². The number of carbonyl (C=O) groups is 1. The average molecular weight is 278 g/mol. The Balaban J connectivity index is 2.22. The number of anilines is 1. The third-order valence-electron chi connectivity index (χ3n) is 2.58. The van der Waals surface area contributed by atoms with Gasteiger partial charge in [0.25, 0.3) is 0 Å². The second-order valence-electron chi connectivity index (χ2n) is 3.94. The summed E-state index contributed by atoms with van der Waals surface area (Å²) in [7, 11) is 0. The molecular formula is C14H12ClNO3. The standard InChI is InChI=1S/C14H12ClNO3/c15-12-4-2-1-3-9(12)8-19-13-7-10(16)5-6-11(13)14(17)18/h1-7H,8,16H2,(H,17,18). The molecule has 0 fully saturated rings. The number of benzene rings is 2. The monoisotopic (exact) mass is 277 g/mol. The van der Waals surface area contributed by atoms with E-state index in [1.54, 1.807) is 6.07 Å². The Morgan fingerprint density at radius 1 is 1.26 bits per heavy atom. The molecule has 0 aromatic heterocycles. The number of aromatic carboxylic acids is 1. The van der Waals surface area contributed by atoms with Gasteiger partial charge in [-0.2, -0.15) is 0 Å². The number of rotatable bonds is 4. The van der Waals surface area contributed by atoms with Crippen LogP contribution in [0.3, 0.4) is 0 Å². The smallest absolute Gasteiger partial charge is 0.339 e. The van der Waals surface area contributed by atoms with Gasteiger partial charge >= 0.3 is 5.97 Å². The molecule has 0 atom stereocenters. The van der Waals surface area contributed by atoms with Crippen molar-refractivity contribution in [2.75, 3.05) is 5.73 Å². The summed E-state index contributed by atoms with van der Waals surface area (Å²) in [5.74, 6) is -0.832. The number of hydrogen-bond acceptors (Lipinski definition) is 3. The Morgan fingerprint density at radius 2 is 2.00 bits per heavy atom. The Bertz CT molecular complexity index is 613. The molecular weight excluding hydrogens is 266 g/mol. The van der Waals surface area contributed by atoms with Crippen molar-refractivity contribution in [3.8, 4) is 5.75 Å². The van der Waals surface area contributed by atoms with Gasteiger partial charge in [-0.15, -0.1) is 0 Å². The van der Waals surface area contributed by atoms with E-state index in [1.807, 2.05) is 18.2 Å². The molecule has 0 heterocycles. The molecule has 0 bridgehead atoms. The fourth-order valence-corrected chi connectivity index (χ4v) is 1.80. The van der Waals surface area contributed by atoms with E-state index in [4.69, 9.17) is 27.2 Å². The number of hydrogen-bond donors (Lipinski definition) is 2. The van der Waals surface area contributed by atoms with E-state index < -0.39 is 5.97 Å². The van der Waals surface area contributed by atoms with Crippen LogP contribution in [0.15, 0.2) is 42.5 Å². The van der Waals surface area contributed by atoms with Gasteiger partial charge < -0.3 is 15.6 Å². The van der Waals surface area contributed by atoms with Crippen LogP contribution >= 0.6 is 11.6 Å². The van der Waals surface area contributed by atoms with Crippen LogP contribution in [0.1, 0.15) is 15.9 Å². The average Bonchev–Trinajstić information content (AvgIpc) is 2.37. The predicted molar refractivity (Wildman–Crippen MR) is 73.6 cm³/mol. The molecule has 5 heteroatoms. The first-order valence-electron chi connectivity index (χ1n) is 5.57. The zero-order valence-electron chi connectivity index (χ0n) is 9.97. The first kappa shape index (κ1) is 13.2. The number of nitrogen functional groups attached to an aromatic ring is 1. The minimum Gasteiger partial charge on any atom is -0.488 e. The number of halogens is 1. The summed E-state index contributed by atoms with van der Waals surface area (Å²) in [5.41, 5.74) is 6.92. The van der Waals surface area contributed by atoms with Crippen LogP contribution in [-0.2, 0) is 6.61 Å². The van der Waals surface area contributed by atoms with Crippen molar-refractivity contribution in [3.05, 3.63) is 58.6 Å². The van der Waals surface area contributed by atoms with Gasteiger partial charge in [0.2, 0.25) is 0 Å². The lowest BCUT2D eigenvalue weighted by Gasteiger charge is -2.10. The predicted octanol–water partition coefficient (Wildman–Crippen LogP) is 3.20. The van der Waals surface area contributed by atoms with Gasteiger partial charge in [-0.3, -0.25) is 0 Å². The highest BCUT2D eigenvalue weighted by Gasteiger charge is 2.12. The summed E-state index contributed by atoms with van der Waals surface area (Å²) in [6.07, 6.45) is 0. The van der Waals surface area contributed by atoms with Gasteiger partial charge in [-0.1, -0.05) is 29.8 Å². The Hall–Kier alpha value is -2.20. The molecule has 2 aromatic rings. The van der Waals surface area contributed by atoms with Gasteiger partial charge in [0.1, 0.15) is 17.9 Å². The van der Waals surface area contributed by atoms with Crippen LogP contribution in [-0.4, -0.2) is 11.1 Å². The fraction of sp³-hybridized carbons (Fsp3) is 0.0714. The Morgan fingerprint density at radius 3 is 2.68 bits per heavy atom. The molecule has 19 heavy (non-hydrogen) atoms. The fourth-order valence-electron chi connectivity index (χ4n) is 1.61. The number of carboxylic acid groups (broad SMARTS) is 1. The molecule has 0 amide bonds. The molecule has 0 aliphatic heterocycles. The summed E-state index contributed by atoms with van der Waals surface area (Å²) in [4.78, 5) is 11.1. The lowest BCUT2D eigenvalue weighted by Crippen LogP contribution is -2.04. The second-order valence-corrected chi connectivity index (χ2v) is 4.35. The van der Waals surface area contributed by atoms with E-state index in [1.165, 1.54) is 18.2 Å². The van der Waals surface area contributed by atoms with E-state index in [0.29, 0.717) is 10.7 Å². The van der Waals surface area contributed by atoms with Crippen LogP contribution in [0.2, 0.25) is 5.02 Å². The highest BCUT2D eigenvalue weighted by molar-refractivity contribution is 6.31. The van der Waals surface area contributed by atoms with Crippen molar-refractivity contribution in [1.82, 2.24) is 0 Å². The summed E-state index contributed by atoms with van der Waals surface area (Å²) in [6, 6.07) is 11.6. The van der Waals surface area contributed by atoms with Crippen molar-refractivity contribution in [1.29, 1.82) is 0 Å². The quantitative estimate of drug-likeness (QED) is 0.842. The molecule has 2 rings (SSSR count). The van der Waals surface area contributed by atoms with Gasteiger partial charge in [-0.25, -0.2) is 4.79 Å². The summed E-state index contributed by atoms with van der Waals surface area (Å²) in [5, 5.41) is 9.63. The van der Waals surface area contributed by atoms with Gasteiger partial charge in [0.05, 0.1) is 0 Å². The summed E-state index contributed by atoms with van der Waals surface area (Å²) in [6.45, 7) is 0.184. The van der Waals surface area contributed by atoms with Crippen LogP contribution in [0.5, 0.6) is 5.75 Å². The lowest BCUT2D eigenvalue weighted by molar-refractivity contribution is 0.0692. The minimum absolute atomic E-state index is 0.0706. The van der Waals surface area contributed by atoms with Crippen LogP contribution in [0.25, 0.3) is 0 Å². The van der Waals surface area contributed by atoms with E-state index in [0.717, 1.165) is 5.56 Å². The van der Waals surface area contributed by atoms with Crippen molar-refractivity contribution in [2.24, 2.45) is 0 Å². The Labute approximate surface area is 115 Å². The van der Waals surface area contributed by atoms with Gasteiger partial charge in [0.15, 0.2) is 0 Å².